The molecule has 1 nitrogen and oxygen atoms in total. The van der Waals surface area contributed by atoms with Crippen molar-refractivity contribution in [2.45, 2.75) is 31.7 Å². The molecule has 0 unspecified atom stereocenters. The summed E-state index contributed by atoms with van der Waals surface area (Å²) in [6, 6.07) is 14.8. The van der Waals surface area contributed by atoms with Crippen molar-refractivity contribution in [3.63, 3.8) is 0 Å². The maximum atomic E-state index is 6.20. The zero-order valence-electron chi connectivity index (χ0n) is 12.0. The van der Waals surface area contributed by atoms with Gasteiger partial charge in [-0.05, 0) is 54.5 Å². The summed E-state index contributed by atoms with van der Waals surface area (Å²) in [7, 11) is 0. The van der Waals surface area contributed by atoms with Crippen LogP contribution in [0.4, 0.5) is 0 Å². The molecule has 0 bridgehead atoms. The molecule has 0 spiro atoms. The molecule has 0 aliphatic heterocycles. The van der Waals surface area contributed by atoms with E-state index in [1.807, 2.05) is 12.1 Å². The second-order valence-electron chi connectivity index (χ2n) is 5.98. The van der Waals surface area contributed by atoms with E-state index in [4.69, 9.17) is 28.9 Å². The molecular weight excluding hydrogens is 301 g/mol. The normalized spacial score (nSPS) is 22.7. The van der Waals surface area contributed by atoms with Crippen molar-refractivity contribution in [3.05, 3.63) is 69.2 Å². The van der Waals surface area contributed by atoms with Crippen molar-refractivity contribution in [1.82, 2.24) is 0 Å². The quantitative estimate of drug-likeness (QED) is 0.825. The average molecular weight is 320 g/mol. The lowest BCUT2D eigenvalue weighted by Gasteiger charge is -2.34. The number of rotatable bonds is 2. The Bertz CT molecular complexity index is 651. The second kappa shape index (κ2) is 6.00. The van der Waals surface area contributed by atoms with Crippen LogP contribution in [-0.2, 0) is 6.42 Å². The van der Waals surface area contributed by atoms with Crippen molar-refractivity contribution in [2.24, 2.45) is 11.7 Å². The van der Waals surface area contributed by atoms with Gasteiger partial charge < -0.3 is 5.73 Å². The third-order valence-corrected chi connectivity index (χ3v) is 5.28. The van der Waals surface area contributed by atoms with Crippen LogP contribution in [0.3, 0.4) is 0 Å². The first-order valence-electron chi connectivity index (χ1n) is 7.34. The van der Waals surface area contributed by atoms with E-state index in [0.717, 1.165) is 12.8 Å². The molecule has 110 valence electrons. The van der Waals surface area contributed by atoms with Crippen molar-refractivity contribution < 1.29 is 0 Å². The fourth-order valence-corrected chi connectivity index (χ4v) is 3.61. The van der Waals surface area contributed by atoms with E-state index in [0.29, 0.717) is 21.9 Å². The lowest BCUT2D eigenvalue weighted by atomic mass is 9.72. The molecule has 1 aliphatic rings. The van der Waals surface area contributed by atoms with Crippen LogP contribution in [0.5, 0.6) is 0 Å². The van der Waals surface area contributed by atoms with E-state index in [2.05, 4.69) is 37.3 Å². The molecule has 0 fully saturated rings. The monoisotopic (exact) mass is 319 g/mol. The summed E-state index contributed by atoms with van der Waals surface area (Å²) < 4.78 is 0. The summed E-state index contributed by atoms with van der Waals surface area (Å²) in [5.41, 5.74) is 10.2. The van der Waals surface area contributed by atoms with Crippen molar-refractivity contribution >= 4 is 23.2 Å². The molecule has 0 radical (unpaired) electrons. The Balaban J connectivity index is 2.05. The van der Waals surface area contributed by atoms with Crippen LogP contribution in [0, 0.1) is 5.92 Å². The minimum Gasteiger partial charge on any atom is -0.328 e. The SMILES string of the molecule is C[C@H](N)[C@@H]1Cc2ccccc2[C@H](c2ccc(Cl)c(Cl)c2)C1. The van der Waals surface area contributed by atoms with Gasteiger partial charge in [-0.15, -0.1) is 0 Å². The van der Waals surface area contributed by atoms with Crippen molar-refractivity contribution in [2.75, 3.05) is 0 Å². The predicted molar refractivity (Wildman–Crippen MR) is 90.2 cm³/mol. The molecule has 2 N–H and O–H groups in total. The first-order chi connectivity index (χ1) is 10.1. The van der Waals surface area contributed by atoms with Crippen LogP contribution in [0.25, 0.3) is 0 Å². The van der Waals surface area contributed by atoms with Gasteiger partial charge in [0, 0.05) is 12.0 Å². The van der Waals surface area contributed by atoms with Crippen LogP contribution in [0.15, 0.2) is 42.5 Å². The van der Waals surface area contributed by atoms with Gasteiger partial charge in [0.15, 0.2) is 0 Å². The van der Waals surface area contributed by atoms with Gasteiger partial charge in [0.2, 0.25) is 0 Å². The van der Waals surface area contributed by atoms with Crippen LogP contribution in [0.2, 0.25) is 10.0 Å². The first kappa shape index (κ1) is 14.9. The number of hydrogen-bond donors (Lipinski definition) is 1. The molecule has 0 heterocycles. The van der Waals surface area contributed by atoms with Crippen molar-refractivity contribution in [3.8, 4) is 0 Å². The highest BCUT2D eigenvalue weighted by Crippen LogP contribution is 2.41. The molecule has 0 saturated heterocycles. The third kappa shape index (κ3) is 2.96. The van der Waals surface area contributed by atoms with E-state index in [-0.39, 0.29) is 6.04 Å². The summed E-state index contributed by atoms with van der Waals surface area (Å²) in [5, 5.41) is 1.22. The van der Waals surface area contributed by atoms with Gasteiger partial charge in [0.25, 0.3) is 0 Å². The van der Waals surface area contributed by atoms with E-state index < -0.39 is 0 Å². The van der Waals surface area contributed by atoms with Gasteiger partial charge in [-0.1, -0.05) is 53.5 Å². The third-order valence-electron chi connectivity index (χ3n) is 4.54. The van der Waals surface area contributed by atoms with E-state index in [1.54, 1.807) is 0 Å². The first-order valence-corrected chi connectivity index (χ1v) is 8.10. The van der Waals surface area contributed by atoms with Crippen LogP contribution < -0.4 is 5.73 Å². The van der Waals surface area contributed by atoms with Gasteiger partial charge in [0.05, 0.1) is 10.0 Å². The molecule has 21 heavy (non-hydrogen) atoms. The summed E-state index contributed by atoms with van der Waals surface area (Å²) in [6.07, 6.45) is 2.12. The minimum atomic E-state index is 0.198. The number of nitrogens with two attached hydrogens (primary N) is 1. The van der Waals surface area contributed by atoms with Gasteiger partial charge in [-0.3, -0.25) is 0 Å². The summed E-state index contributed by atoms with van der Waals surface area (Å²) in [4.78, 5) is 0. The smallest absolute Gasteiger partial charge is 0.0595 e. The fraction of sp³-hybridized carbons (Fsp3) is 0.333. The standard InChI is InChI=1S/C18H19Cl2N/c1-11(21)14-8-12-4-2-3-5-15(12)16(9-14)13-6-7-17(19)18(20)10-13/h2-7,10-11,14,16H,8-9,21H2,1H3/t11-,14+,16-/m0/s1. The largest absolute Gasteiger partial charge is 0.328 e. The summed E-state index contributed by atoms with van der Waals surface area (Å²) in [5.74, 6) is 0.847. The molecule has 0 aromatic heterocycles. The number of halogens is 2. The molecule has 2 aromatic carbocycles. The number of benzene rings is 2. The lowest BCUT2D eigenvalue weighted by Crippen LogP contribution is -2.33. The van der Waals surface area contributed by atoms with Gasteiger partial charge in [0.1, 0.15) is 0 Å². The molecule has 1 aliphatic carbocycles. The highest BCUT2D eigenvalue weighted by atomic mass is 35.5. The molecular formula is C18H19Cl2N. The molecule has 3 heteroatoms. The molecule has 3 atom stereocenters. The number of fused-ring (bicyclic) bond motifs is 1. The number of hydrogen-bond acceptors (Lipinski definition) is 1. The van der Waals surface area contributed by atoms with Crippen LogP contribution in [-0.4, -0.2) is 6.04 Å². The zero-order chi connectivity index (χ0) is 15.0. The summed E-state index contributed by atoms with van der Waals surface area (Å²) in [6.45, 7) is 2.10. The van der Waals surface area contributed by atoms with Gasteiger partial charge in [-0.25, -0.2) is 0 Å². The Morgan fingerprint density at radius 1 is 1.10 bits per heavy atom. The predicted octanol–water partition coefficient (Wildman–Crippen LogP) is 5.03. The van der Waals surface area contributed by atoms with Gasteiger partial charge >= 0.3 is 0 Å². The van der Waals surface area contributed by atoms with Crippen molar-refractivity contribution in [1.29, 1.82) is 0 Å². The lowest BCUT2D eigenvalue weighted by molar-refractivity contribution is 0.372. The van der Waals surface area contributed by atoms with Crippen LogP contribution >= 0.6 is 23.2 Å². The Kier molecular flexibility index (Phi) is 4.26. The second-order valence-corrected chi connectivity index (χ2v) is 6.80. The molecule has 0 saturated carbocycles. The Morgan fingerprint density at radius 3 is 2.57 bits per heavy atom. The maximum Gasteiger partial charge on any atom is 0.0595 e. The summed E-state index contributed by atoms with van der Waals surface area (Å²) >= 11 is 12.2. The topological polar surface area (TPSA) is 26.0 Å². The highest BCUT2D eigenvalue weighted by molar-refractivity contribution is 6.42. The molecule has 2 aromatic rings. The van der Waals surface area contributed by atoms with Gasteiger partial charge in [-0.2, -0.15) is 0 Å². The Labute approximate surface area is 136 Å². The van der Waals surface area contributed by atoms with E-state index in [9.17, 15) is 0 Å². The van der Waals surface area contributed by atoms with E-state index >= 15 is 0 Å². The zero-order valence-corrected chi connectivity index (χ0v) is 13.5. The average Bonchev–Trinajstić information content (AvgIpc) is 2.49. The molecule has 3 rings (SSSR count). The van der Waals surface area contributed by atoms with E-state index in [1.165, 1.54) is 16.7 Å². The molecule has 0 amide bonds. The maximum absolute atomic E-state index is 6.20. The highest BCUT2D eigenvalue weighted by Gasteiger charge is 2.29. The minimum absolute atomic E-state index is 0.198. The van der Waals surface area contributed by atoms with Crippen LogP contribution in [0.1, 0.15) is 36.0 Å². The Hall–Kier alpha value is -1.02. The fourth-order valence-electron chi connectivity index (χ4n) is 3.30. The Morgan fingerprint density at radius 2 is 1.86 bits per heavy atom.